The van der Waals surface area contributed by atoms with Crippen LogP contribution >= 0.6 is 35.4 Å². The number of halogens is 3. The lowest BCUT2D eigenvalue weighted by Crippen LogP contribution is -2.18. The average molecular weight is 566 g/mol. The number of phosphoric ester groups is 1. The Kier molecular flexibility index (Phi) is 7.00. The molecule has 4 rings (SSSR count). The maximum atomic E-state index is 15.5. The van der Waals surface area contributed by atoms with E-state index < -0.39 is 20.4 Å². The molecule has 0 aliphatic carbocycles. The van der Waals surface area contributed by atoms with Gasteiger partial charge in [0.1, 0.15) is 12.5 Å². The van der Waals surface area contributed by atoms with Crippen LogP contribution in [-0.4, -0.2) is 14.8 Å². The summed E-state index contributed by atoms with van der Waals surface area (Å²) in [4.78, 5) is 29.2. The van der Waals surface area contributed by atoms with Crippen LogP contribution in [0.2, 0.25) is 5.02 Å². The molecule has 0 bridgehead atoms. The predicted molar refractivity (Wildman–Crippen MR) is 121 cm³/mol. The fraction of sp³-hybridized carbons (Fsp3) is 0.0952. The lowest BCUT2D eigenvalue weighted by molar-refractivity contribution is -0.344. The Morgan fingerprint density at radius 2 is 2.06 bits per heavy atom. The van der Waals surface area contributed by atoms with Crippen molar-refractivity contribution in [2.45, 2.75) is 13.2 Å². The molecule has 0 atom stereocenters. The summed E-state index contributed by atoms with van der Waals surface area (Å²) in [6.45, 7) is 6.49. The van der Waals surface area contributed by atoms with Crippen molar-refractivity contribution in [3.8, 4) is 11.5 Å². The Bertz CT molecular complexity index is 1490. The molecule has 0 saturated heterocycles. The molecule has 0 saturated carbocycles. The van der Waals surface area contributed by atoms with Crippen molar-refractivity contribution in [1.82, 2.24) is 14.8 Å². The molecule has 2 aromatic heterocycles. The van der Waals surface area contributed by atoms with E-state index in [0.717, 1.165) is 4.68 Å². The van der Waals surface area contributed by atoms with Crippen molar-refractivity contribution in [1.29, 1.82) is 0 Å². The molecule has 0 radical (unpaired) electrons. The van der Waals surface area contributed by atoms with Crippen LogP contribution in [0.4, 0.5) is 10.1 Å². The predicted octanol–water partition coefficient (Wildman–Crippen LogP) is 4.72. The zero-order valence-electron chi connectivity index (χ0n) is 16.9. The topological polar surface area (TPSA) is 117 Å². The summed E-state index contributed by atoms with van der Waals surface area (Å²) in [5.41, 5.74) is 1.11. The number of aromatic nitrogens is 3. The first-order chi connectivity index (χ1) is 16.1. The van der Waals surface area contributed by atoms with Gasteiger partial charge in [0, 0.05) is 23.0 Å². The average Bonchev–Trinajstić information content (AvgIpc) is 3.14. The summed E-state index contributed by atoms with van der Waals surface area (Å²) in [6.07, 6.45) is 1.47. The van der Waals surface area contributed by atoms with Gasteiger partial charge in [0.05, 0.1) is 24.6 Å². The molecule has 9 nitrogen and oxygen atoms in total. The van der Waals surface area contributed by atoms with Gasteiger partial charge in [0.2, 0.25) is 0 Å². The summed E-state index contributed by atoms with van der Waals surface area (Å²) in [5.74, 6) is -0.601. The van der Waals surface area contributed by atoms with Crippen LogP contribution in [0.15, 0.2) is 53.1 Å². The van der Waals surface area contributed by atoms with Crippen molar-refractivity contribution in [3.05, 3.63) is 86.6 Å². The van der Waals surface area contributed by atoms with Gasteiger partial charge in [-0.25, -0.2) is 18.9 Å². The third kappa shape index (κ3) is 5.45. The number of hydrogen-bond acceptors (Lipinski definition) is 7. The fourth-order valence-corrected chi connectivity index (χ4v) is 4.05. The van der Waals surface area contributed by atoms with Crippen molar-refractivity contribution in [3.63, 3.8) is 0 Å². The van der Waals surface area contributed by atoms with Crippen molar-refractivity contribution >= 4 is 52.1 Å². The van der Waals surface area contributed by atoms with Crippen LogP contribution in [0.25, 0.3) is 15.9 Å². The first-order valence-electron chi connectivity index (χ1n) is 9.44. The molecule has 4 aromatic rings. The summed E-state index contributed by atoms with van der Waals surface area (Å²) >= 11 is 9.28. The molecule has 0 aliphatic heterocycles. The largest absolute Gasteiger partial charge is 0.790 e. The SMILES string of the molecule is [C-]#[N+]c1cc(Cl)cc(Oc2c(Br)ccc(Cc3nn(COP(=O)([O-])[O-])c4ncccc34)c2F)c1. The maximum Gasteiger partial charge on any atom is 0.192 e. The lowest BCUT2D eigenvalue weighted by Gasteiger charge is -2.28. The van der Waals surface area contributed by atoms with Crippen LogP contribution in [0, 0.1) is 12.4 Å². The zero-order valence-corrected chi connectivity index (χ0v) is 20.2. The molecule has 0 N–H and O–H groups in total. The first kappa shape index (κ1) is 24.3. The molecule has 0 amide bonds. The number of pyridine rings is 1. The number of nitrogens with zero attached hydrogens (tertiary/aromatic N) is 4. The number of fused-ring (bicyclic) bond motifs is 1. The molecular weight excluding hydrogens is 554 g/mol. The molecule has 0 spiro atoms. The molecule has 34 heavy (non-hydrogen) atoms. The third-order valence-corrected chi connectivity index (χ3v) is 5.89. The molecule has 2 aromatic carbocycles. The highest BCUT2D eigenvalue weighted by molar-refractivity contribution is 9.10. The summed E-state index contributed by atoms with van der Waals surface area (Å²) < 4.78 is 37.8. The van der Waals surface area contributed by atoms with E-state index in [0.29, 0.717) is 15.6 Å². The van der Waals surface area contributed by atoms with Crippen molar-refractivity contribution < 1.29 is 28.0 Å². The highest BCUT2D eigenvalue weighted by Crippen LogP contribution is 2.37. The van der Waals surface area contributed by atoms with E-state index in [1.807, 2.05) is 0 Å². The van der Waals surface area contributed by atoms with E-state index in [1.165, 1.54) is 30.5 Å². The Morgan fingerprint density at radius 1 is 1.26 bits per heavy atom. The minimum absolute atomic E-state index is 0.0000728. The van der Waals surface area contributed by atoms with E-state index >= 15 is 4.39 Å². The number of rotatable bonds is 7. The van der Waals surface area contributed by atoms with Crippen LogP contribution in [0.3, 0.4) is 0 Å². The summed E-state index contributed by atoms with van der Waals surface area (Å²) in [5, 5.41) is 5.05. The Hall–Kier alpha value is -2.84. The lowest BCUT2D eigenvalue weighted by atomic mass is 10.1. The molecule has 0 aliphatic rings. The maximum absolute atomic E-state index is 15.5. The van der Waals surface area contributed by atoms with Gasteiger partial charge in [-0.2, -0.15) is 5.10 Å². The number of hydrogen-bond donors (Lipinski definition) is 0. The van der Waals surface area contributed by atoms with E-state index in [4.69, 9.17) is 22.9 Å². The highest BCUT2D eigenvalue weighted by atomic mass is 79.9. The standard InChI is InChI=1S/C21H14BrClFN4O5P/c1-25-14-8-13(23)9-15(10-14)33-20-17(22)5-4-12(19(20)24)7-18-16-3-2-6-26-21(16)28(27-18)11-32-34(29,30)31/h2-6,8-10H,7,11H2,(H2,29,30,31)/p-2. The van der Waals surface area contributed by atoms with Crippen LogP contribution in [0.1, 0.15) is 11.3 Å². The van der Waals surface area contributed by atoms with Crippen LogP contribution in [0.5, 0.6) is 11.5 Å². The molecular formula is C21H12BrClFN4O5P-2. The molecule has 13 heteroatoms. The Morgan fingerprint density at radius 3 is 2.79 bits per heavy atom. The molecule has 2 heterocycles. The van der Waals surface area contributed by atoms with E-state index in [9.17, 15) is 14.4 Å². The second kappa shape index (κ2) is 9.80. The molecule has 0 fully saturated rings. The number of benzene rings is 2. The highest BCUT2D eigenvalue weighted by Gasteiger charge is 2.19. The minimum Gasteiger partial charge on any atom is -0.790 e. The first-order valence-corrected chi connectivity index (χ1v) is 12.1. The third-order valence-electron chi connectivity index (χ3n) is 4.61. The van der Waals surface area contributed by atoms with Gasteiger partial charge in [-0.15, -0.1) is 0 Å². The summed E-state index contributed by atoms with van der Waals surface area (Å²) in [6, 6.07) is 10.8. The Labute approximate surface area is 205 Å². The van der Waals surface area contributed by atoms with Crippen molar-refractivity contribution in [2.75, 3.05) is 0 Å². The normalized spacial score (nSPS) is 11.5. The van der Waals surface area contributed by atoms with Gasteiger partial charge in [-0.3, -0.25) is 0 Å². The second-order valence-electron chi connectivity index (χ2n) is 6.91. The van der Waals surface area contributed by atoms with E-state index in [2.05, 4.69) is 35.4 Å². The van der Waals surface area contributed by atoms with Gasteiger partial charge in [0.25, 0.3) is 0 Å². The quantitative estimate of drug-likeness (QED) is 0.235. The van der Waals surface area contributed by atoms with Crippen LogP contribution < -0.4 is 14.5 Å². The van der Waals surface area contributed by atoms with Gasteiger partial charge < -0.3 is 23.6 Å². The number of ether oxygens (including phenoxy) is 1. The molecule has 174 valence electrons. The zero-order chi connectivity index (χ0) is 24.5. The van der Waals surface area contributed by atoms with Gasteiger partial charge in [-0.1, -0.05) is 17.7 Å². The molecule has 0 unspecified atom stereocenters. The van der Waals surface area contributed by atoms with Gasteiger partial charge >= 0.3 is 0 Å². The number of phosphoric acid groups is 1. The van der Waals surface area contributed by atoms with Gasteiger partial charge in [0.15, 0.2) is 22.9 Å². The van der Waals surface area contributed by atoms with E-state index in [-0.39, 0.29) is 39.8 Å². The minimum atomic E-state index is -5.23. The van der Waals surface area contributed by atoms with Crippen LogP contribution in [-0.2, 0) is 22.2 Å². The summed E-state index contributed by atoms with van der Waals surface area (Å²) in [7, 11) is -5.23. The van der Waals surface area contributed by atoms with Gasteiger partial charge in [-0.05, 0) is 57.9 Å². The monoisotopic (exact) mass is 564 g/mol. The second-order valence-corrected chi connectivity index (χ2v) is 9.35. The van der Waals surface area contributed by atoms with E-state index in [1.54, 1.807) is 18.2 Å². The smallest absolute Gasteiger partial charge is 0.192 e. The van der Waals surface area contributed by atoms with Crippen molar-refractivity contribution in [2.24, 2.45) is 0 Å². The Balaban J connectivity index is 1.69. The fourth-order valence-electron chi connectivity index (χ4n) is 3.19.